The number of para-hydroxylation sites is 4. The van der Waals surface area contributed by atoms with Crippen LogP contribution in [0.3, 0.4) is 0 Å². The maximum absolute atomic E-state index is 10.4. The quantitative estimate of drug-likeness (QED) is 0.150. The van der Waals surface area contributed by atoms with Gasteiger partial charge in [0.1, 0.15) is 41.2 Å². The molecule has 4 aromatic carbocycles. The number of nitrogens with zero attached hydrogens (tertiary/aromatic N) is 8. The lowest BCUT2D eigenvalue weighted by Crippen LogP contribution is -2.26. The van der Waals surface area contributed by atoms with Gasteiger partial charge < -0.3 is 0 Å². The van der Waals surface area contributed by atoms with E-state index in [0.29, 0.717) is 39.5 Å². The molecule has 0 saturated heterocycles. The largest absolute Gasteiger partial charge is 0.276 e. The summed E-state index contributed by atoms with van der Waals surface area (Å²) in [4.78, 5) is 15.3. The number of hydrogen-bond acceptors (Lipinski definition) is 8. The van der Waals surface area contributed by atoms with E-state index in [1.54, 1.807) is 0 Å². The Morgan fingerprint density at radius 2 is 0.932 bits per heavy atom. The molecule has 2 heterocycles. The molecule has 1 aliphatic heterocycles. The van der Waals surface area contributed by atoms with Crippen LogP contribution >= 0.6 is 0 Å². The van der Waals surface area contributed by atoms with Gasteiger partial charge in [-0.2, -0.15) is 21.0 Å². The van der Waals surface area contributed by atoms with Gasteiger partial charge in [-0.05, 0) is 93.8 Å². The first-order valence-electron chi connectivity index (χ1n) is 20.1. The third kappa shape index (κ3) is 6.74. The van der Waals surface area contributed by atoms with Crippen LogP contribution in [0.2, 0.25) is 0 Å². The highest BCUT2D eigenvalue weighted by Crippen LogP contribution is 2.55. The van der Waals surface area contributed by atoms with Crippen LogP contribution in [-0.2, 0) is 0 Å². The highest BCUT2D eigenvalue weighted by molar-refractivity contribution is 6.12. The molecule has 0 unspecified atom stereocenters. The number of rotatable bonds is 7. The van der Waals surface area contributed by atoms with Crippen molar-refractivity contribution in [2.24, 2.45) is 0 Å². The zero-order valence-corrected chi connectivity index (χ0v) is 35.0. The number of nitriles is 4. The second kappa shape index (κ2) is 15.9. The summed E-state index contributed by atoms with van der Waals surface area (Å²) in [6.45, 7) is 19.5. The van der Waals surface area contributed by atoms with Crippen LogP contribution in [0.4, 0.5) is 23.0 Å². The van der Waals surface area contributed by atoms with Gasteiger partial charge in [-0.25, -0.2) is 9.97 Å². The van der Waals surface area contributed by atoms with E-state index in [9.17, 15) is 21.0 Å². The van der Waals surface area contributed by atoms with Gasteiger partial charge in [-0.3, -0.25) is 9.80 Å². The predicted molar refractivity (Wildman–Crippen MR) is 237 cm³/mol. The monoisotopic (exact) mass is 770 g/mol. The Kier molecular flexibility index (Phi) is 10.8. The van der Waals surface area contributed by atoms with Gasteiger partial charge in [0.05, 0.1) is 22.4 Å². The summed E-state index contributed by atoms with van der Waals surface area (Å²) in [7, 11) is 0. The molecule has 8 nitrogen and oxygen atoms in total. The molecule has 0 atom stereocenters. The van der Waals surface area contributed by atoms with Gasteiger partial charge in [0.2, 0.25) is 0 Å². The first kappa shape index (κ1) is 40.0. The molecule has 8 heteroatoms. The Bertz CT molecular complexity index is 2660. The van der Waals surface area contributed by atoms with Crippen molar-refractivity contribution in [3.8, 4) is 24.3 Å². The second-order valence-electron chi connectivity index (χ2n) is 16.3. The number of anilines is 4. The van der Waals surface area contributed by atoms with Crippen LogP contribution in [0.15, 0.2) is 114 Å². The van der Waals surface area contributed by atoms with Crippen LogP contribution in [0.5, 0.6) is 0 Å². The van der Waals surface area contributed by atoms with Crippen molar-refractivity contribution in [2.75, 3.05) is 9.80 Å². The molecule has 0 bridgehead atoms. The third-order valence-electron chi connectivity index (χ3n) is 11.1. The van der Waals surface area contributed by atoms with Gasteiger partial charge in [0.25, 0.3) is 0 Å². The van der Waals surface area contributed by atoms with Crippen LogP contribution in [0.1, 0.15) is 118 Å². The predicted octanol–water partition coefficient (Wildman–Crippen LogP) is 12.8. The van der Waals surface area contributed by atoms with Crippen molar-refractivity contribution in [3.63, 3.8) is 0 Å². The highest BCUT2D eigenvalue weighted by atomic mass is 15.5. The SMILES string of the molecule is Cc1ccc2c(c1)C(=C(C#N)C#N)/C(=C/C=C1N(c3c(C(C)C)cccc3C(C)C)c3nc4ccccc4nc3N1c1c(C(C)C)cccc1C(C)C)C2=C(C#N)C#N. The standard InChI is InChI=1S/C51H46N8/c1-29(2)36-14-12-15-37(30(3)4)48(36)58-45(23-22-41-46(34(25-52)26-53)40-21-20-33(9)24-42(40)47(41)35(27-54)28-55)59(49-38(31(5)6)16-13-17-39(49)32(7)8)51-50(58)56-43-18-10-11-19-44(43)57-51/h10-24,29-32H,1-9H3/b41-22+. The first-order chi connectivity index (χ1) is 28.4. The Balaban J connectivity index is 1.71. The summed E-state index contributed by atoms with van der Waals surface area (Å²) in [6, 6.07) is 35.0. The van der Waals surface area contributed by atoms with Crippen molar-refractivity contribution in [2.45, 2.75) is 86.0 Å². The van der Waals surface area contributed by atoms with Crippen LogP contribution in [-0.4, -0.2) is 9.97 Å². The minimum atomic E-state index is -0.109. The molecule has 0 radical (unpaired) electrons. The van der Waals surface area contributed by atoms with Crippen molar-refractivity contribution >= 4 is 45.2 Å². The van der Waals surface area contributed by atoms with E-state index >= 15 is 0 Å². The molecular formula is C51H46N8. The molecule has 5 aromatic rings. The molecule has 59 heavy (non-hydrogen) atoms. The van der Waals surface area contributed by atoms with E-state index in [-0.39, 0.29) is 34.8 Å². The number of allylic oxidation sites excluding steroid dienone is 7. The van der Waals surface area contributed by atoms with E-state index in [2.05, 4.69) is 126 Å². The maximum atomic E-state index is 10.4. The Morgan fingerprint density at radius 1 is 0.525 bits per heavy atom. The van der Waals surface area contributed by atoms with Gasteiger partial charge in [-0.15, -0.1) is 0 Å². The normalized spacial score (nSPS) is 13.9. The Hall–Kier alpha value is -7.26. The number of fused-ring (bicyclic) bond motifs is 3. The molecule has 7 rings (SSSR count). The molecular weight excluding hydrogens is 725 g/mol. The lowest BCUT2D eigenvalue weighted by atomic mass is 9.91. The van der Waals surface area contributed by atoms with Crippen molar-refractivity contribution in [1.82, 2.24) is 9.97 Å². The summed E-state index contributed by atoms with van der Waals surface area (Å²) in [6.07, 6.45) is 3.85. The molecule has 1 aromatic heterocycles. The average molecular weight is 771 g/mol. The molecule has 0 spiro atoms. The number of hydrogen-bond donors (Lipinski definition) is 0. The van der Waals surface area contributed by atoms with Crippen LogP contribution < -0.4 is 9.80 Å². The van der Waals surface area contributed by atoms with Gasteiger partial charge >= 0.3 is 0 Å². The smallest absolute Gasteiger partial charge is 0.183 e. The Labute approximate surface area is 347 Å². The van der Waals surface area contributed by atoms with Gasteiger partial charge in [0.15, 0.2) is 11.6 Å². The average Bonchev–Trinajstić information content (AvgIpc) is 3.70. The number of aryl methyl sites for hydroxylation is 1. The highest BCUT2D eigenvalue weighted by Gasteiger charge is 2.41. The summed E-state index contributed by atoms with van der Waals surface area (Å²) in [5.41, 5.74) is 11.2. The topological polar surface area (TPSA) is 127 Å². The molecule has 0 saturated carbocycles. The van der Waals surface area contributed by atoms with E-state index in [4.69, 9.17) is 9.97 Å². The number of aromatic nitrogens is 2. The summed E-state index contributed by atoms with van der Waals surface area (Å²) in [5.74, 6) is 2.62. The Morgan fingerprint density at radius 3 is 1.32 bits per heavy atom. The van der Waals surface area contributed by atoms with Crippen molar-refractivity contribution in [1.29, 1.82) is 21.0 Å². The van der Waals surface area contributed by atoms with E-state index in [1.807, 2.05) is 61.5 Å². The first-order valence-corrected chi connectivity index (χ1v) is 20.1. The minimum absolute atomic E-state index is 0.107. The molecule has 290 valence electrons. The summed E-state index contributed by atoms with van der Waals surface area (Å²) >= 11 is 0. The third-order valence-corrected chi connectivity index (χ3v) is 11.1. The molecule has 0 fully saturated rings. The summed E-state index contributed by atoms with van der Waals surface area (Å²) in [5, 5.41) is 41.5. The molecule has 2 aliphatic rings. The maximum Gasteiger partial charge on any atom is 0.183 e. The van der Waals surface area contributed by atoms with Crippen LogP contribution in [0.25, 0.3) is 22.2 Å². The molecule has 1 aliphatic carbocycles. The fraction of sp³-hybridized carbons (Fsp3) is 0.255. The van der Waals surface area contributed by atoms with E-state index < -0.39 is 0 Å². The number of benzene rings is 4. The van der Waals surface area contributed by atoms with Crippen molar-refractivity contribution in [3.05, 3.63) is 152 Å². The van der Waals surface area contributed by atoms with E-state index in [0.717, 1.165) is 56.0 Å². The van der Waals surface area contributed by atoms with Gasteiger partial charge in [0, 0.05) is 11.1 Å². The molecule has 0 amide bonds. The lowest BCUT2D eigenvalue weighted by molar-refractivity contribution is 0.820. The van der Waals surface area contributed by atoms with E-state index in [1.165, 1.54) is 0 Å². The zero-order chi connectivity index (χ0) is 42.3. The lowest BCUT2D eigenvalue weighted by Gasteiger charge is -2.32. The van der Waals surface area contributed by atoms with Crippen molar-refractivity contribution < 1.29 is 0 Å². The summed E-state index contributed by atoms with van der Waals surface area (Å²) < 4.78 is 0. The van der Waals surface area contributed by atoms with Crippen LogP contribution in [0, 0.1) is 52.2 Å². The van der Waals surface area contributed by atoms with Gasteiger partial charge in [-0.1, -0.05) is 128 Å². The fourth-order valence-electron chi connectivity index (χ4n) is 8.36. The fourth-order valence-corrected chi connectivity index (χ4v) is 8.36. The second-order valence-corrected chi connectivity index (χ2v) is 16.3. The minimum Gasteiger partial charge on any atom is -0.276 e. The zero-order valence-electron chi connectivity index (χ0n) is 35.0. The molecule has 0 N–H and O–H groups in total.